The monoisotopic (exact) mass is 571 g/mol. The number of benzene rings is 3. The number of halogens is 1. The van der Waals surface area contributed by atoms with Gasteiger partial charge in [-0.25, -0.2) is 8.42 Å². The molecular formula is C28H30ClN3O6S. The average Bonchev–Trinajstić information content (AvgIpc) is 2.92. The van der Waals surface area contributed by atoms with E-state index in [1.54, 1.807) is 11.0 Å². The van der Waals surface area contributed by atoms with Gasteiger partial charge >= 0.3 is 0 Å². The molecule has 1 aliphatic rings. The SMILES string of the molecule is COc1ccc(Cl)cc1N(CC(=O)N1CCC(Cc2ccccc2)CC1)S(=O)(=O)c1ccc(C)c([N+](=O)[O-])c1. The predicted octanol–water partition coefficient (Wildman–Crippen LogP) is 5.24. The van der Waals surface area contributed by atoms with Crippen molar-refractivity contribution in [2.24, 2.45) is 5.92 Å². The molecule has 39 heavy (non-hydrogen) atoms. The zero-order chi connectivity index (χ0) is 28.2. The third kappa shape index (κ3) is 6.51. The minimum absolute atomic E-state index is 0.0699. The van der Waals surface area contributed by atoms with Crippen LogP contribution in [0.3, 0.4) is 0 Å². The number of carbonyl (C=O) groups excluding carboxylic acids is 1. The molecule has 1 saturated heterocycles. The van der Waals surface area contributed by atoms with Gasteiger partial charge in [0.2, 0.25) is 5.91 Å². The number of anilines is 1. The molecule has 1 amide bonds. The van der Waals surface area contributed by atoms with Crippen LogP contribution in [0, 0.1) is 23.0 Å². The number of hydrogen-bond acceptors (Lipinski definition) is 6. The van der Waals surface area contributed by atoms with Crippen molar-refractivity contribution in [3.05, 3.63) is 93.0 Å². The van der Waals surface area contributed by atoms with Gasteiger partial charge in [-0.15, -0.1) is 0 Å². The first-order valence-corrected chi connectivity index (χ1v) is 14.3. The largest absolute Gasteiger partial charge is 0.495 e. The fourth-order valence-electron chi connectivity index (χ4n) is 4.79. The van der Waals surface area contributed by atoms with Gasteiger partial charge in [0, 0.05) is 29.7 Å². The Hall–Kier alpha value is -3.63. The molecule has 0 aromatic heterocycles. The van der Waals surface area contributed by atoms with Crippen molar-refractivity contribution in [3.63, 3.8) is 0 Å². The topological polar surface area (TPSA) is 110 Å². The minimum atomic E-state index is -4.42. The Morgan fingerprint density at radius 2 is 1.79 bits per heavy atom. The van der Waals surface area contributed by atoms with Gasteiger partial charge in [-0.2, -0.15) is 0 Å². The van der Waals surface area contributed by atoms with E-state index in [0.717, 1.165) is 29.6 Å². The lowest BCUT2D eigenvalue weighted by molar-refractivity contribution is -0.385. The number of aryl methyl sites for hydroxylation is 1. The number of likely N-dealkylation sites (tertiary alicyclic amines) is 1. The van der Waals surface area contributed by atoms with Crippen LogP contribution in [-0.2, 0) is 21.2 Å². The van der Waals surface area contributed by atoms with Gasteiger partial charge < -0.3 is 9.64 Å². The van der Waals surface area contributed by atoms with Crippen LogP contribution >= 0.6 is 11.6 Å². The fraction of sp³-hybridized carbons (Fsp3) is 0.321. The first-order valence-electron chi connectivity index (χ1n) is 12.5. The van der Waals surface area contributed by atoms with Crippen molar-refractivity contribution in [3.8, 4) is 5.75 Å². The highest BCUT2D eigenvalue weighted by Crippen LogP contribution is 2.36. The molecule has 9 nitrogen and oxygen atoms in total. The molecule has 0 aliphatic carbocycles. The molecule has 1 heterocycles. The number of piperidine rings is 1. The van der Waals surface area contributed by atoms with Crippen molar-refractivity contribution < 1.29 is 22.9 Å². The van der Waals surface area contributed by atoms with Crippen molar-refractivity contribution in [1.82, 2.24) is 4.90 Å². The third-order valence-corrected chi connectivity index (χ3v) is 8.98. The number of nitro benzene ring substituents is 1. The lowest BCUT2D eigenvalue weighted by Gasteiger charge is -2.34. The molecule has 206 valence electrons. The predicted molar refractivity (Wildman–Crippen MR) is 150 cm³/mol. The summed E-state index contributed by atoms with van der Waals surface area (Å²) in [5, 5.41) is 11.8. The molecule has 0 spiro atoms. The molecule has 0 N–H and O–H groups in total. The van der Waals surface area contributed by atoms with Gasteiger partial charge in [0.1, 0.15) is 12.3 Å². The van der Waals surface area contributed by atoms with Gasteiger partial charge in [-0.1, -0.05) is 48.0 Å². The Balaban J connectivity index is 1.61. The van der Waals surface area contributed by atoms with Gasteiger partial charge in [-0.05, 0) is 61.9 Å². The molecular weight excluding hydrogens is 542 g/mol. The standard InChI is InChI=1S/C28H30ClN3O6S/c1-20-8-10-24(18-25(20)32(34)35)39(36,37)31(26-17-23(29)9-11-27(26)38-2)19-28(33)30-14-12-22(13-15-30)16-21-6-4-3-5-7-21/h3-11,17-18,22H,12-16,19H2,1-2H3. The van der Waals surface area contributed by atoms with E-state index in [-0.39, 0.29) is 32.9 Å². The molecule has 0 radical (unpaired) electrons. The van der Waals surface area contributed by atoms with E-state index in [2.05, 4.69) is 12.1 Å². The number of rotatable bonds is 9. The summed E-state index contributed by atoms with van der Waals surface area (Å²) in [6.07, 6.45) is 2.53. The number of nitrogens with zero attached hydrogens (tertiary/aromatic N) is 3. The normalized spacial score (nSPS) is 14.2. The van der Waals surface area contributed by atoms with E-state index >= 15 is 0 Å². The maximum atomic E-state index is 13.9. The Morgan fingerprint density at radius 3 is 2.44 bits per heavy atom. The van der Waals surface area contributed by atoms with Gasteiger partial charge in [0.05, 0.1) is 22.6 Å². The maximum Gasteiger partial charge on any atom is 0.273 e. The highest BCUT2D eigenvalue weighted by Gasteiger charge is 2.33. The smallest absolute Gasteiger partial charge is 0.273 e. The van der Waals surface area contributed by atoms with E-state index in [1.807, 2.05) is 18.2 Å². The summed E-state index contributed by atoms with van der Waals surface area (Å²) in [5.41, 5.74) is 1.31. The van der Waals surface area contributed by atoms with Crippen LogP contribution < -0.4 is 9.04 Å². The zero-order valence-corrected chi connectivity index (χ0v) is 23.3. The number of methoxy groups -OCH3 is 1. The number of ether oxygens (including phenoxy) is 1. The Labute approximate surface area is 233 Å². The second-order valence-electron chi connectivity index (χ2n) is 9.55. The highest BCUT2D eigenvalue weighted by atomic mass is 35.5. The Morgan fingerprint density at radius 1 is 1.10 bits per heavy atom. The number of carbonyl (C=O) groups is 1. The number of sulfonamides is 1. The molecule has 0 unspecified atom stereocenters. The van der Waals surface area contributed by atoms with E-state index in [9.17, 15) is 23.3 Å². The summed E-state index contributed by atoms with van der Waals surface area (Å²) in [6, 6.07) is 18.3. The molecule has 3 aromatic rings. The summed E-state index contributed by atoms with van der Waals surface area (Å²) < 4.78 is 34.1. The first-order chi connectivity index (χ1) is 18.6. The molecule has 11 heteroatoms. The Bertz CT molecular complexity index is 1460. The summed E-state index contributed by atoms with van der Waals surface area (Å²) in [4.78, 5) is 25.7. The molecule has 1 aliphatic heterocycles. The second-order valence-corrected chi connectivity index (χ2v) is 11.8. The van der Waals surface area contributed by atoms with Gasteiger partial charge in [0.25, 0.3) is 15.7 Å². The maximum absolute atomic E-state index is 13.9. The summed E-state index contributed by atoms with van der Waals surface area (Å²) in [6.45, 7) is 2.03. The zero-order valence-electron chi connectivity index (χ0n) is 21.7. The van der Waals surface area contributed by atoms with Crippen LogP contribution in [0.25, 0.3) is 0 Å². The fourth-order valence-corrected chi connectivity index (χ4v) is 6.39. The van der Waals surface area contributed by atoms with E-state index in [1.165, 1.54) is 43.9 Å². The lowest BCUT2D eigenvalue weighted by atomic mass is 9.90. The van der Waals surface area contributed by atoms with E-state index in [4.69, 9.17) is 16.3 Å². The van der Waals surface area contributed by atoms with Gasteiger partial charge in [0.15, 0.2) is 0 Å². The highest BCUT2D eigenvalue weighted by molar-refractivity contribution is 7.92. The molecule has 0 saturated carbocycles. The summed E-state index contributed by atoms with van der Waals surface area (Å²) in [7, 11) is -3.04. The van der Waals surface area contributed by atoms with Crippen molar-refractivity contribution in [2.75, 3.05) is 31.0 Å². The van der Waals surface area contributed by atoms with Crippen molar-refractivity contribution in [2.45, 2.75) is 31.1 Å². The second kappa shape index (κ2) is 12.0. The number of hydrogen-bond donors (Lipinski definition) is 0. The third-order valence-electron chi connectivity index (χ3n) is 6.99. The molecule has 1 fully saturated rings. The van der Waals surface area contributed by atoms with Crippen LogP contribution in [0.1, 0.15) is 24.0 Å². The average molecular weight is 572 g/mol. The van der Waals surface area contributed by atoms with Crippen LogP contribution in [-0.4, -0.2) is 50.9 Å². The van der Waals surface area contributed by atoms with Crippen molar-refractivity contribution >= 4 is 38.9 Å². The summed E-state index contributed by atoms with van der Waals surface area (Å²) in [5.74, 6) is 0.247. The molecule has 0 bridgehead atoms. The molecule has 4 rings (SSSR count). The molecule has 3 aromatic carbocycles. The minimum Gasteiger partial charge on any atom is -0.495 e. The molecule has 0 atom stereocenters. The lowest BCUT2D eigenvalue weighted by Crippen LogP contribution is -2.46. The van der Waals surface area contributed by atoms with Gasteiger partial charge in [-0.3, -0.25) is 19.2 Å². The van der Waals surface area contributed by atoms with E-state index < -0.39 is 21.5 Å². The quantitative estimate of drug-likeness (QED) is 0.256. The van der Waals surface area contributed by atoms with E-state index in [0.29, 0.717) is 24.6 Å². The van der Waals surface area contributed by atoms with Crippen LogP contribution in [0.2, 0.25) is 5.02 Å². The van der Waals surface area contributed by atoms with Crippen LogP contribution in [0.5, 0.6) is 5.75 Å². The summed E-state index contributed by atoms with van der Waals surface area (Å²) >= 11 is 6.21. The van der Waals surface area contributed by atoms with Crippen LogP contribution in [0.4, 0.5) is 11.4 Å². The first kappa shape index (κ1) is 28.4. The number of nitro groups is 1. The van der Waals surface area contributed by atoms with Crippen LogP contribution in [0.15, 0.2) is 71.6 Å². The Kier molecular flexibility index (Phi) is 8.76. The van der Waals surface area contributed by atoms with Crippen molar-refractivity contribution in [1.29, 1.82) is 0 Å². The number of amides is 1.